The number of anilines is 1. The van der Waals surface area contributed by atoms with Gasteiger partial charge in [0.1, 0.15) is 0 Å². The summed E-state index contributed by atoms with van der Waals surface area (Å²) in [6, 6.07) is 5.73. The summed E-state index contributed by atoms with van der Waals surface area (Å²) in [6.45, 7) is 2.66. The number of aromatic nitrogens is 1. The van der Waals surface area contributed by atoms with E-state index in [1.807, 2.05) is 25.2 Å². The Bertz CT molecular complexity index is 649. The van der Waals surface area contributed by atoms with E-state index in [-0.39, 0.29) is 11.3 Å². The van der Waals surface area contributed by atoms with Gasteiger partial charge >= 0.3 is 0 Å². The number of aromatic amines is 1. The first-order valence-corrected chi connectivity index (χ1v) is 6.75. The second kappa shape index (κ2) is 6.32. The summed E-state index contributed by atoms with van der Waals surface area (Å²) in [5.74, 6) is 0.744. The van der Waals surface area contributed by atoms with E-state index < -0.39 is 0 Å². The fourth-order valence-electron chi connectivity index (χ4n) is 2.05. The van der Waals surface area contributed by atoms with Gasteiger partial charge in [-0.15, -0.1) is 0 Å². The minimum absolute atomic E-state index is 0.228. The van der Waals surface area contributed by atoms with Crippen LogP contribution in [-0.2, 0) is 0 Å². The molecule has 0 radical (unpaired) electrons. The summed E-state index contributed by atoms with van der Waals surface area (Å²) < 4.78 is 11.0. The largest absolute Gasteiger partial charge is 0.489 e. The van der Waals surface area contributed by atoms with Gasteiger partial charge in [-0.2, -0.15) is 0 Å². The lowest BCUT2D eigenvalue weighted by Crippen LogP contribution is -2.12. The van der Waals surface area contributed by atoms with Crippen molar-refractivity contribution in [2.75, 3.05) is 26.1 Å². The van der Waals surface area contributed by atoms with Crippen LogP contribution in [0.2, 0.25) is 0 Å². The van der Waals surface area contributed by atoms with Crippen molar-refractivity contribution in [3.63, 3.8) is 0 Å². The molecule has 0 fully saturated rings. The van der Waals surface area contributed by atoms with Gasteiger partial charge in [-0.3, -0.25) is 4.79 Å². The number of methoxy groups -OCH3 is 1. The molecule has 108 valence electrons. The monoisotopic (exact) mass is 276 g/mol. The van der Waals surface area contributed by atoms with Crippen LogP contribution in [0.15, 0.2) is 23.0 Å². The van der Waals surface area contributed by atoms with Gasteiger partial charge in [-0.1, -0.05) is 13.3 Å². The summed E-state index contributed by atoms with van der Waals surface area (Å²) in [4.78, 5) is 14.9. The number of hydrogen-bond acceptors (Lipinski definition) is 4. The van der Waals surface area contributed by atoms with Crippen LogP contribution in [0.5, 0.6) is 11.5 Å². The van der Waals surface area contributed by atoms with Crippen molar-refractivity contribution in [1.82, 2.24) is 4.98 Å². The van der Waals surface area contributed by atoms with Crippen LogP contribution in [0.4, 0.5) is 5.69 Å². The Kier molecular flexibility index (Phi) is 4.50. The molecular formula is C15H20N2O3. The van der Waals surface area contributed by atoms with Crippen LogP contribution in [0, 0.1) is 0 Å². The Labute approximate surface area is 117 Å². The molecule has 0 amide bonds. The van der Waals surface area contributed by atoms with Gasteiger partial charge in [-0.05, 0) is 24.6 Å². The first-order valence-electron chi connectivity index (χ1n) is 6.75. The van der Waals surface area contributed by atoms with Crippen LogP contribution in [0.1, 0.15) is 19.8 Å². The van der Waals surface area contributed by atoms with Crippen molar-refractivity contribution >= 4 is 16.6 Å². The number of unbranched alkanes of at least 4 members (excludes halogenated alkanes) is 1. The van der Waals surface area contributed by atoms with Crippen molar-refractivity contribution in [3.05, 3.63) is 28.6 Å². The molecule has 5 heteroatoms. The molecule has 2 rings (SSSR count). The summed E-state index contributed by atoms with van der Waals surface area (Å²) in [7, 11) is 3.31. The quantitative estimate of drug-likeness (QED) is 0.796. The van der Waals surface area contributed by atoms with Crippen LogP contribution in [-0.4, -0.2) is 25.7 Å². The van der Waals surface area contributed by atoms with Crippen LogP contribution >= 0.6 is 0 Å². The first-order chi connectivity index (χ1) is 9.71. The van der Waals surface area contributed by atoms with E-state index in [1.54, 1.807) is 0 Å². The summed E-state index contributed by atoms with van der Waals surface area (Å²) in [5, 5.41) is 3.89. The van der Waals surface area contributed by atoms with E-state index in [2.05, 4.69) is 17.2 Å². The average molecular weight is 276 g/mol. The highest BCUT2D eigenvalue weighted by Crippen LogP contribution is 2.32. The van der Waals surface area contributed by atoms with Gasteiger partial charge in [0, 0.05) is 18.1 Å². The highest BCUT2D eigenvalue weighted by Gasteiger charge is 2.14. The lowest BCUT2D eigenvalue weighted by Gasteiger charge is -2.13. The fraction of sp³-hybridized carbons (Fsp3) is 0.400. The van der Waals surface area contributed by atoms with Crippen molar-refractivity contribution in [3.8, 4) is 11.5 Å². The molecule has 0 atom stereocenters. The molecule has 0 spiro atoms. The first kappa shape index (κ1) is 14.2. The van der Waals surface area contributed by atoms with E-state index in [0.717, 1.165) is 29.4 Å². The van der Waals surface area contributed by atoms with Crippen molar-refractivity contribution < 1.29 is 9.47 Å². The zero-order valence-corrected chi connectivity index (χ0v) is 12.1. The third-order valence-corrected chi connectivity index (χ3v) is 3.16. The van der Waals surface area contributed by atoms with Gasteiger partial charge in [0.15, 0.2) is 5.75 Å². The molecule has 2 aromatic rings. The summed E-state index contributed by atoms with van der Waals surface area (Å²) in [6.07, 6.45) is 1.97. The van der Waals surface area contributed by atoms with E-state index >= 15 is 0 Å². The smallest absolute Gasteiger partial charge is 0.294 e. The number of fused-ring (bicyclic) bond motifs is 1. The molecule has 1 aromatic carbocycles. The predicted octanol–water partition coefficient (Wildman–Crippen LogP) is 2.76. The molecule has 0 saturated heterocycles. The standard InChI is InChI=1S/C15H20N2O3/c1-4-5-8-20-13-11-7-6-10(16-2)9-12(11)17-15(18)14(13)19-3/h6-7,9,16H,4-5,8H2,1-3H3,(H,17,18). The molecule has 20 heavy (non-hydrogen) atoms. The molecule has 0 aliphatic heterocycles. The lowest BCUT2D eigenvalue weighted by atomic mass is 10.1. The zero-order valence-electron chi connectivity index (χ0n) is 12.1. The molecular weight excluding hydrogens is 256 g/mol. The highest BCUT2D eigenvalue weighted by atomic mass is 16.5. The number of benzene rings is 1. The van der Waals surface area contributed by atoms with E-state index in [0.29, 0.717) is 12.4 Å². The van der Waals surface area contributed by atoms with Crippen LogP contribution in [0.25, 0.3) is 10.9 Å². The highest BCUT2D eigenvalue weighted by molar-refractivity contribution is 5.89. The third-order valence-electron chi connectivity index (χ3n) is 3.16. The molecule has 0 aliphatic carbocycles. The Morgan fingerprint density at radius 3 is 2.75 bits per heavy atom. The Balaban J connectivity index is 2.56. The van der Waals surface area contributed by atoms with Gasteiger partial charge in [-0.25, -0.2) is 0 Å². The maximum absolute atomic E-state index is 12.0. The number of hydrogen-bond donors (Lipinski definition) is 2. The van der Waals surface area contributed by atoms with E-state index in [1.165, 1.54) is 7.11 Å². The Morgan fingerprint density at radius 1 is 1.30 bits per heavy atom. The fourth-order valence-corrected chi connectivity index (χ4v) is 2.05. The molecule has 0 unspecified atom stereocenters. The van der Waals surface area contributed by atoms with E-state index in [9.17, 15) is 4.79 Å². The van der Waals surface area contributed by atoms with Crippen LogP contribution < -0.4 is 20.3 Å². The maximum Gasteiger partial charge on any atom is 0.294 e. The van der Waals surface area contributed by atoms with Gasteiger partial charge in [0.25, 0.3) is 5.56 Å². The average Bonchev–Trinajstić information content (AvgIpc) is 2.46. The SMILES string of the molecule is CCCCOc1c(OC)c(=O)[nH]c2cc(NC)ccc12. The van der Waals surface area contributed by atoms with Crippen LogP contribution in [0.3, 0.4) is 0 Å². The number of H-pyrrole nitrogens is 1. The minimum atomic E-state index is -0.278. The number of rotatable bonds is 6. The van der Waals surface area contributed by atoms with Gasteiger partial charge in [0.05, 0.1) is 19.2 Å². The molecule has 0 saturated carbocycles. The summed E-state index contributed by atoms with van der Waals surface area (Å²) in [5.41, 5.74) is 1.38. The molecule has 2 N–H and O–H groups in total. The predicted molar refractivity (Wildman–Crippen MR) is 81.1 cm³/mol. The van der Waals surface area contributed by atoms with Crippen molar-refractivity contribution in [1.29, 1.82) is 0 Å². The normalized spacial score (nSPS) is 10.6. The molecule has 1 heterocycles. The number of nitrogens with one attached hydrogen (secondary N) is 2. The Hall–Kier alpha value is -2.17. The molecule has 1 aromatic heterocycles. The molecule has 0 aliphatic rings. The maximum atomic E-state index is 12.0. The Morgan fingerprint density at radius 2 is 2.10 bits per heavy atom. The third kappa shape index (κ3) is 2.71. The topological polar surface area (TPSA) is 63.4 Å². The number of ether oxygens (including phenoxy) is 2. The summed E-state index contributed by atoms with van der Waals surface area (Å²) >= 11 is 0. The second-order valence-corrected chi connectivity index (χ2v) is 4.53. The van der Waals surface area contributed by atoms with Crippen molar-refractivity contribution in [2.24, 2.45) is 0 Å². The lowest BCUT2D eigenvalue weighted by molar-refractivity contribution is 0.290. The minimum Gasteiger partial charge on any atom is -0.489 e. The second-order valence-electron chi connectivity index (χ2n) is 4.53. The van der Waals surface area contributed by atoms with Gasteiger partial charge < -0.3 is 19.8 Å². The zero-order chi connectivity index (χ0) is 14.5. The van der Waals surface area contributed by atoms with Crippen molar-refractivity contribution in [2.45, 2.75) is 19.8 Å². The molecule has 0 bridgehead atoms. The van der Waals surface area contributed by atoms with Gasteiger partial charge in [0.2, 0.25) is 5.75 Å². The number of pyridine rings is 1. The molecule has 5 nitrogen and oxygen atoms in total. The van der Waals surface area contributed by atoms with E-state index in [4.69, 9.17) is 9.47 Å².